The maximum Gasteiger partial charge on any atom is 0.245 e. The van der Waals surface area contributed by atoms with E-state index in [1.165, 1.54) is 0 Å². The first-order valence-electron chi connectivity index (χ1n) is 4.65. The predicted octanol–water partition coefficient (Wildman–Crippen LogP) is 2.66. The number of benzene rings is 1. The van der Waals surface area contributed by atoms with Crippen molar-refractivity contribution in [3.05, 3.63) is 29.8 Å². The van der Waals surface area contributed by atoms with Crippen LogP contribution in [-0.2, 0) is 9.59 Å². The van der Waals surface area contributed by atoms with Crippen molar-refractivity contribution in [1.82, 2.24) is 0 Å². The minimum absolute atomic E-state index is 0.157. The molecule has 5 heteroatoms. The molecule has 3 nitrogen and oxygen atoms in total. The van der Waals surface area contributed by atoms with Gasteiger partial charge < -0.3 is 5.32 Å². The van der Waals surface area contributed by atoms with Crippen LogP contribution in [0.25, 0.3) is 0 Å². The Hall–Kier alpha value is -0.680. The Morgan fingerprint density at radius 2 is 1.88 bits per heavy atom. The normalized spacial score (nSPS) is 11.9. The maximum atomic E-state index is 11.6. The van der Waals surface area contributed by atoms with Gasteiger partial charge in [-0.15, -0.1) is 0 Å². The van der Waals surface area contributed by atoms with E-state index in [0.29, 0.717) is 5.69 Å². The number of halogens is 2. The lowest BCUT2D eigenvalue weighted by Crippen LogP contribution is -2.30. The van der Waals surface area contributed by atoms with Crippen molar-refractivity contribution in [1.29, 1.82) is 0 Å². The van der Waals surface area contributed by atoms with Crippen molar-refractivity contribution in [3.63, 3.8) is 0 Å². The van der Waals surface area contributed by atoms with E-state index >= 15 is 0 Å². The fraction of sp³-hybridized carbons (Fsp3) is 0.273. The first-order chi connectivity index (χ1) is 7.54. The number of ketones is 1. The van der Waals surface area contributed by atoms with Gasteiger partial charge in [0.1, 0.15) is 0 Å². The van der Waals surface area contributed by atoms with E-state index in [-0.39, 0.29) is 17.0 Å². The molecule has 0 aliphatic carbocycles. The van der Waals surface area contributed by atoms with Crippen molar-refractivity contribution in [3.8, 4) is 0 Å². The summed E-state index contributed by atoms with van der Waals surface area (Å²) in [6, 6.07) is 7.38. The van der Waals surface area contributed by atoms with Gasteiger partial charge >= 0.3 is 0 Å². The summed E-state index contributed by atoms with van der Waals surface area (Å²) < 4.78 is 0. The second-order valence-electron chi connectivity index (χ2n) is 3.32. The fourth-order valence-electron chi connectivity index (χ4n) is 1.06. The molecule has 86 valence electrons. The van der Waals surface area contributed by atoms with Crippen molar-refractivity contribution in [2.75, 3.05) is 10.6 Å². The van der Waals surface area contributed by atoms with Gasteiger partial charge in [0.15, 0.2) is 10.6 Å². The summed E-state index contributed by atoms with van der Waals surface area (Å²) >= 11 is 6.07. The molecule has 0 aliphatic rings. The lowest BCUT2D eigenvalue weighted by atomic mass is 10.2. The van der Waals surface area contributed by atoms with Crippen LogP contribution < -0.4 is 5.32 Å². The number of aryl methyl sites for hydroxylation is 1. The van der Waals surface area contributed by atoms with Gasteiger partial charge in [0.2, 0.25) is 5.91 Å². The Morgan fingerprint density at radius 1 is 1.31 bits per heavy atom. The molecule has 0 radical (unpaired) electrons. The second kappa shape index (κ2) is 6.15. The number of carbonyl (C=O) groups excluding carboxylic acids is 2. The van der Waals surface area contributed by atoms with Gasteiger partial charge in [0.25, 0.3) is 0 Å². The molecule has 1 unspecified atom stereocenters. The predicted molar refractivity (Wildman–Crippen MR) is 71.3 cm³/mol. The average molecular weight is 349 g/mol. The van der Waals surface area contributed by atoms with E-state index in [4.69, 9.17) is 0 Å². The average Bonchev–Trinajstić information content (AvgIpc) is 2.30. The molecule has 0 aliphatic heterocycles. The highest BCUT2D eigenvalue weighted by Crippen LogP contribution is 2.12. The van der Waals surface area contributed by atoms with Crippen LogP contribution in [-0.4, -0.2) is 21.8 Å². The largest absolute Gasteiger partial charge is 0.325 e. The summed E-state index contributed by atoms with van der Waals surface area (Å²) in [6.45, 7) is 1.97. The minimum atomic E-state index is -0.812. The lowest BCUT2D eigenvalue weighted by molar-refractivity contribution is -0.123. The van der Waals surface area contributed by atoms with E-state index < -0.39 is 4.83 Å². The molecule has 1 aromatic carbocycles. The number of anilines is 1. The molecule has 1 rings (SSSR count). The van der Waals surface area contributed by atoms with E-state index in [9.17, 15) is 9.59 Å². The molecule has 1 amide bonds. The first kappa shape index (κ1) is 13.4. The quantitative estimate of drug-likeness (QED) is 0.671. The van der Waals surface area contributed by atoms with Crippen molar-refractivity contribution in [2.45, 2.75) is 11.8 Å². The van der Waals surface area contributed by atoms with Crippen molar-refractivity contribution in [2.24, 2.45) is 0 Å². The number of hydrogen-bond acceptors (Lipinski definition) is 2. The summed E-state index contributed by atoms with van der Waals surface area (Å²) in [4.78, 5) is 22.0. The number of carbonyl (C=O) groups is 2. The van der Waals surface area contributed by atoms with Gasteiger partial charge in [-0.05, 0) is 19.1 Å². The zero-order valence-corrected chi connectivity index (χ0v) is 11.8. The molecule has 16 heavy (non-hydrogen) atoms. The molecular weight excluding hydrogens is 338 g/mol. The van der Waals surface area contributed by atoms with Crippen LogP contribution in [0.4, 0.5) is 5.69 Å². The Kier molecular flexibility index (Phi) is 5.15. The highest BCUT2D eigenvalue weighted by Gasteiger charge is 2.21. The van der Waals surface area contributed by atoms with E-state index in [0.717, 1.165) is 5.56 Å². The first-order valence-corrected chi connectivity index (χ1v) is 6.68. The molecular formula is C11H11Br2NO2. The molecule has 1 atom stereocenters. The van der Waals surface area contributed by atoms with Crippen molar-refractivity contribution < 1.29 is 9.59 Å². The highest BCUT2D eigenvalue weighted by atomic mass is 79.9. The second-order valence-corrected chi connectivity index (χ2v) is 4.79. The van der Waals surface area contributed by atoms with Crippen LogP contribution in [0.3, 0.4) is 0 Å². The third kappa shape index (κ3) is 3.72. The van der Waals surface area contributed by atoms with Gasteiger partial charge in [0, 0.05) is 5.69 Å². The molecule has 0 spiro atoms. The van der Waals surface area contributed by atoms with E-state index in [2.05, 4.69) is 37.2 Å². The number of nitrogens with one attached hydrogen (secondary N) is 1. The molecule has 1 aromatic rings. The number of Topliss-reactive ketones (excluding diaryl/α,β-unsaturated/α-hetero) is 1. The summed E-state index contributed by atoms with van der Waals surface area (Å²) in [5.74, 6) is -0.557. The zero-order chi connectivity index (χ0) is 12.1. The summed E-state index contributed by atoms with van der Waals surface area (Å²) in [6.07, 6.45) is 0. The molecule has 0 aromatic heterocycles. The number of hydrogen-bond donors (Lipinski definition) is 1. The van der Waals surface area contributed by atoms with Crippen LogP contribution in [0.2, 0.25) is 0 Å². The van der Waals surface area contributed by atoms with Crippen molar-refractivity contribution >= 4 is 49.2 Å². The van der Waals surface area contributed by atoms with Gasteiger partial charge in [-0.1, -0.05) is 49.6 Å². The van der Waals surface area contributed by atoms with Crippen LogP contribution in [0, 0.1) is 6.92 Å². The Morgan fingerprint density at radius 3 is 2.38 bits per heavy atom. The van der Waals surface area contributed by atoms with Gasteiger partial charge in [-0.25, -0.2) is 0 Å². The monoisotopic (exact) mass is 347 g/mol. The van der Waals surface area contributed by atoms with E-state index in [1.54, 1.807) is 12.1 Å². The summed E-state index contributed by atoms with van der Waals surface area (Å²) in [5.41, 5.74) is 1.80. The lowest BCUT2D eigenvalue weighted by Gasteiger charge is -2.08. The third-order valence-electron chi connectivity index (χ3n) is 1.96. The standard InChI is InChI=1S/C11H11Br2NO2/c1-7-2-4-8(5-3-7)14-11(16)10(13)9(15)6-12/h2-5,10H,6H2,1H3,(H,14,16). The molecule has 1 N–H and O–H groups in total. The smallest absolute Gasteiger partial charge is 0.245 e. The van der Waals surface area contributed by atoms with Gasteiger partial charge in [-0.2, -0.15) is 0 Å². The summed E-state index contributed by atoms with van der Waals surface area (Å²) in [5, 5.41) is 2.81. The van der Waals surface area contributed by atoms with Crippen LogP contribution >= 0.6 is 31.9 Å². The number of amides is 1. The van der Waals surface area contributed by atoms with Crippen LogP contribution in [0.1, 0.15) is 5.56 Å². The van der Waals surface area contributed by atoms with Gasteiger partial charge in [0.05, 0.1) is 5.33 Å². The Labute approximate surface area is 111 Å². The van der Waals surface area contributed by atoms with E-state index in [1.807, 2.05) is 19.1 Å². The van der Waals surface area contributed by atoms with Gasteiger partial charge in [-0.3, -0.25) is 9.59 Å². The maximum absolute atomic E-state index is 11.6. The highest BCUT2D eigenvalue weighted by molar-refractivity contribution is 9.10. The number of rotatable bonds is 4. The molecule has 0 saturated carbocycles. The Bertz CT molecular complexity index is 389. The fourth-order valence-corrected chi connectivity index (χ4v) is 2.09. The zero-order valence-electron chi connectivity index (χ0n) is 8.67. The molecule has 0 saturated heterocycles. The van der Waals surface area contributed by atoms with Crippen LogP contribution in [0.5, 0.6) is 0 Å². The third-order valence-corrected chi connectivity index (χ3v) is 3.44. The summed E-state index contributed by atoms with van der Waals surface area (Å²) in [7, 11) is 0. The molecule has 0 heterocycles. The SMILES string of the molecule is Cc1ccc(NC(=O)C(Br)C(=O)CBr)cc1. The topological polar surface area (TPSA) is 46.2 Å². The minimum Gasteiger partial charge on any atom is -0.325 e. The number of alkyl halides is 2. The molecule has 0 fully saturated rings. The Balaban J connectivity index is 2.64. The molecule has 0 bridgehead atoms. The van der Waals surface area contributed by atoms with Crippen LogP contribution in [0.15, 0.2) is 24.3 Å².